The van der Waals surface area contributed by atoms with Gasteiger partial charge in [-0.25, -0.2) is 0 Å². The van der Waals surface area contributed by atoms with Crippen molar-refractivity contribution in [2.24, 2.45) is 0 Å². The Bertz CT molecular complexity index is 1780. The van der Waals surface area contributed by atoms with Crippen LogP contribution in [0.15, 0.2) is 64.5 Å². The first kappa shape index (κ1) is 29.1. The van der Waals surface area contributed by atoms with Gasteiger partial charge in [-0.1, -0.05) is 81.6 Å². The highest BCUT2D eigenvalue weighted by molar-refractivity contribution is 8.00. The lowest BCUT2D eigenvalue weighted by molar-refractivity contribution is -0.132. The SMILES string of the molecule is O=C1C(=O)N(c2nnc(SCc3ccc(Cl)cc3Cl)s2)C(c2ccc(Cl)c(Cl)c2)/C1=C(\O)c1ccc2c(c1)OCCO2. The summed E-state index contributed by atoms with van der Waals surface area (Å²) < 4.78 is 11.7. The number of hydrogen-bond acceptors (Lipinski definition) is 9. The van der Waals surface area contributed by atoms with E-state index in [1.54, 1.807) is 48.5 Å². The minimum atomic E-state index is -1.07. The van der Waals surface area contributed by atoms with E-state index in [0.29, 0.717) is 55.4 Å². The second-order valence-corrected chi connectivity index (χ2v) is 12.9. The number of aromatic nitrogens is 2. The average molecular weight is 681 g/mol. The van der Waals surface area contributed by atoms with E-state index >= 15 is 0 Å². The minimum Gasteiger partial charge on any atom is -0.507 e. The van der Waals surface area contributed by atoms with E-state index in [0.717, 1.165) is 16.9 Å². The van der Waals surface area contributed by atoms with Crippen molar-refractivity contribution in [2.45, 2.75) is 16.1 Å². The molecule has 42 heavy (non-hydrogen) atoms. The Morgan fingerprint density at radius 3 is 2.48 bits per heavy atom. The number of fused-ring (bicyclic) bond motifs is 1. The minimum absolute atomic E-state index is 0.146. The molecule has 14 heteroatoms. The first-order valence-corrected chi connectivity index (χ1v) is 15.6. The molecule has 3 heterocycles. The number of benzene rings is 3. The number of ether oxygens (including phenoxy) is 2. The maximum absolute atomic E-state index is 13.5. The first-order valence-electron chi connectivity index (χ1n) is 12.3. The van der Waals surface area contributed by atoms with Crippen molar-refractivity contribution in [3.05, 3.63) is 97.0 Å². The Morgan fingerprint density at radius 2 is 1.71 bits per heavy atom. The van der Waals surface area contributed by atoms with E-state index in [-0.39, 0.29) is 27.0 Å². The summed E-state index contributed by atoms with van der Waals surface area (Å²) in [4.78, 5) is 28.2. The molecule has 6 rings (SSSR count). The van der Waals surface area contributed by atoms with Gasteiger partial charge in [-0.2, -0.15) is 0 Å². The molecule has 1 saturated heterocycles. The smallest absolute Gasteiger partial charge is 0.301 e. The van der Waals surface area contributed by atoms with Crippen molar-refractivity contribution >= 4 is 92.1 Å². The van der Waals surface area contributed by atoms with E-state index in [1.165, 1.54) is 16.7 Å². The molecule has 0 bridgehead atoms. The summed E-state index contributed by atoms with van der Waals surface area (Å²) in [5, 5.41) is 21.6. The van der Waals surface area contributed by atoms with Gasteiger partial charge in [0.25, 0.3) is 5.78 Å². The van der Waals surface area contributed by atoms with E-state index < -0.39 is 17.7 Å². The quantitative estimate of drug-likeness (QED) is 0.0723. The van der Waals surface area contributed by atoms with Gasteiger partial charge in [0.05, 0.1) is 21.7 Å². The summed E-state index contributed by atoms with van der Waals surface area (Å²) >= 11 is 27.3. The molecule has 1 unspecified atom stereocenters. The predicted molar refractivity (Wildman–Crippen MR) is 165 cm³/mol. The maximum Gasteiger partial charge on any atom is 0.301 e. The molecule has 0 aliphatic carbocycles. The van der Waals surface area contributed by atoms with Gasteiger partial charge in [0.1, 0.15) is 19.0 Å². The van der Waals surface area contributed by atoms with Crippen LogP contribution in [0.5, 0.6) is 11.5 Å². The molecule has 1 fully saturated rings. The molecule has 1 atom stereocenters. The Kier molecular flexibility index (Phi) is 8.28. The van der Waals surface area contributed by atoms with Crippen LogP contribution in [0.2, 0.25) is 20.1 Å². The molecule has 3 aromatic carbocycles. The number of rotatable bonds is 6. The van der Waals surface area contributed by atoms with Crippen LogP contribution in [0.25, 0.3) is 5.76 Å². The highest BCUT2D eigenvalue weighted by atomic mass is 35.5. The normalized spacial score (nSPS) is 17.6. The molecular formula is C28H17Cl4N3O5S2. The van der Waals surface area contributed by atoms with Gasteiger partial charge in [0.15, 0.2) is 15.8 Å². The molecule has 1 amide bonds. The van der Waals surface area contributed by atoms with Gasteiger partial charge < -0.3 is 14.6 Å². The highest BCUT2D eigenvalue weighted by Gasteiger charge is 2.48. The summed E-state index contributed by atoms with van der Waals surface area (Å²) in [6, 6.07) is 13.7. The van der Waals surface area contributed by atoms with Crippen molar-refractivity contribution < 1.29 is 24.2 Å². The highest BCUT2D eigenvalue weighted by Crippen LogP contribution is 2.46. The molecular weight excluding hydrogens is 664 g/mol. The van der Waals surface area contributed by atoms with E-state index in [1.807, 2.05) is 6.07 Å². The van der Waals surface area contributed by atoms with Gasteiger partial charge in [-0.05, 0) is 53.6 Å². The fourth-order valence-electron chi connectivity index (χ4n) is 4.51. The van der Waals surface area contributed by atoms with Crippen LogP contribution in [0.4, 0.5) is 5.13 Å². The van der Waals surface area contributed by atoms with Crippen LogP contribution >= 0.6 is 69.5 Å². The first-order chi connectivity index (χ1) is 20.2. The van der Waals surface area contributed by atoms with Gasteiger partial charge in [-0.15, -0.1) is 10.2 Å². The topological polar surface area (TPSA) is 102 Å². The number of hydrogen-bond donors (Lipinski definition) is 1. The zero-order chi connectivity index (χ0) is 29.5. The largest absolute Gasteiger partial charge is 0.507 e. The number of anilines is 1. The molecule has 4 aromatic rings. The van der Waals surface area contributed by atoms with Gasteiger partial charge in [0, 0.05) is 21.4 Å². The second kappa shape index (κ2) is 11.9. The molecule has 0 spiro atoms. The Morgan fingerprint density at radius 1 is 0.929 bits per heavy atom. The Labute approximate surface area is 267 Å². The fourth-order valence-corrected chi connectivity index (χ4v) is 7.24. The Balaban J connectivity index is 1.39. The lowest BCUT2D eigenvalue weighted by Crippen LogP contribution is -2.29. The van der Waals surface area contributed by atoms with Crippen molar-refractivity contribution in [3.8, 4) is 11.5 Å². The zero-order valence-electron chi connectivity index (χ0n) is 21.1. The summed E-state index contributed by atoms with van der Waals surface area (Å²) in [5.74, 6) is -0.755. The number of nitrogens with zero attached hydrogens (tertiary/aromatic N) is 3. The Hall–Kier alpha value is -2.99. The summed E-state index contributed by atoms with van der Waals surface area (Å²) in [7, 11) is 0. The molecule has 214 valence electrons. The third kappa shape index (κ3) is 5.55. The average Bonchev–Trinajstić information content (AvgIpc) is 3.55. The van der Waals surface area contributed by atoms with Crippen molar-refractivity contribution in [1.29, 1.82) is 0 Å². The zero-order valence-corrected chi connectivity index (χ0v) is 25.8. The third-order valence-electron chi connectivity index (χ3n) is 6.49. The lowest BCUT2D eigenvalue weighted by atomic mass is 9.95. The molecule has 0 saturated carbocycles. The monoisotopic (exact) mass is 679 g/mol. The maximum atomic E-state index is 13.5. The number of Topliss-reactive ketones (excluding diaryl/α,β-unsaturated/α-hetero) is 1. The van der Waals surface area contributed by atoms with Crippen molar-refractivity contribution in [1.82, 2.24) is 10.2 Å². The number of carbonyl (C=O) groups excluding carboxylic acids is 2. The van der Waals surface area contributed by atoms with Crippen LogP contribution < -0.4 is 14.4 Å². The third-order valence-corrected chi connectivity index (χ3v) is 9.92. The van der Waals surface area contributed by atoms with Crippen LogP contribution in [-0.2, 0) is 15.3 Å². The van der Waals surface area contributed by atoms with Crippen LogP contribution in [0, 0.1) is 0 Å². The summed E-state index contributed by atoms with van der Waals surface area (Å²) in [6.45, 7) is 0.738. The fraction of sp³-hybridized carbons (Fsp3) is 0.143. The molecule has 8 nitrogen and oxygen atoms in total. The van der Waals surface area contributed by atoms with Crippen LogP contribution in [0.3, 0.4) is 0 Å². The number of ketones is 1. The summed E-state index contributed by atoms with van der Waals surface area (Å²) in [6.07, 6.45) is 0. The predicted octanol–water partition coefficient (Wildman–Crippen LogP) is 7.84. The molecule has 0 radical (unpaired) electrons. The van der Waals surface area contributed by atoms with Gasteiger partial charge in [-0.3, -0.25) is 14.5 Å². The number of amides is 1. The van der Waals surface area contributed by atoms with E-state index in [4.69, 9.17) is 55.9 Å². The number of thioether (sulfide) groups is 1. The number of aliphatic hydroxyl groups excluding tert-OH is 1. The van der Waals surface area contributed by atoms with E-state index in [9.17, 15) is 14.7 Å². The van der Waals surface area contributed by atoms with Crippen LogP contribution in [0.1, 0.15) is 22.7 Å². The molecule has 1 aromatic heterocycles. The van der Waals surface area contributed by atoms with Crippen molar-refractivity contribution in [3.63, 3.8) is 0 Å². The summed E-state index contributed by atoms with van der Waals surface area (Å²) in [5.41, 5.74) is 1.42. The molecule has 2 aliphatic heterocycles. The van der Waals surface area contributed by atoms with E-state index in [2.05, 4.69) is 10.2 Å². The van der Waals surface area contributed by atoms with Crippen LogP contribution in [-0.4, -0.2) is 40.2 Å². The lowest BCUT2D eigenvalue weighted by Gasteiger charge is -2.23. The number of carbonyl (C=O) groups is 2. The van der Waals surface area contributed by atoms with Gasteiger partial charge in [0.2, 0.25) is 5.13 Å². The second-order valence-electron chi connectivity index (χ2n) is 9.08. The molecule has 2 aliphatic rings. The van der Waals surface area contributed by atoms with Crippen molar-refractivity contribution in [2.75, 3.05) is 18.1 Å². The van der Waals surface area contributed by atoms with Gasteiger partial charge >= 0.3 is 5.91 Å². The number of halogens is 4. The standard InChI is InChI=1S/C28H17Cl4N3O5S2/c29-16-4-1-15(18(31)11-16)12-41-28-34-33-27(42-28)35-23(13-2-5-17(30)19(32)9-13)22(25(37)26(35)38)24(36)14-3-6-20-21(10-14)40-8-7-39-20/h1-6,9-11,23,36H,7-8,12H2/b24-22+. The molecule has 1 N–H and O–H groups in total. The number of aliphatic hydroxyl groups is 1.